The smallest absolute Gasteiger partial charge is 0.276 e. The number of ether oxygens (including phenoxy) is 2. The molecule has 2 aromatic rings. The van der Waals surface area contributed by atoms with Gasteiger partial charge in [0, 0.05) is 50.0 Å². The molecule has 0 radical (unpaired) electrons. The Hall–Kier alpha value is -2.44. The normalized spacial score (nSPS) is 18.6. The molecule has 0 bridgehead atoms. The number of rotatable bonds is 4. The van der Waals surface area contributed by atoms with E-state index in [1.165, 1.54) is 0 Å². The fraction of sp³-hybridized carbons (Fsp3) is 0.429. The molecular weight excluding hydrogens is 342 g/mol. The Morgan fingerprint density at radius 1 is 1.15 bits per heavy atom. The van der Waals surface area contributed by atoms with Crippen LogP contribution in [0.5, 0.6) is 0 Å². The van der Waals surface area contributed by atoms with E-state index in [4.69, 9.17) is 9.47 Å². The lowest BCUT2D eigenvalue weighted by Gasteiger charge is -2.38. The van der Waals surface area contributed by atoms with Crippen LogP contribution in [0, 0.1) is 0 Å². The predicted octanol–water partition coefficient (Wildman–Crippen LogP) is 3.09. The Morgan fingerprint density at radius 3 is 2.52 bits per heavy atom. The van der Waals surface area contributed by atoms with Crippen molar-refractivity contribution in [2.24, 2.45) is 0 Å². The summed E-state index contributed by atoms with van der Waals surface area (Å²) in [6, 6.07) is 13.6. The number of benzene rings is 1. The summed E-state index contributed by atoms with van der Waals surface area (Å²) in [5.74, 6) is -0.476. The topological polar surface area (TPSA) is 54.9 Å². The van der Waals surface area contributed by atoms with E-state index < -0.39 is 5.79 Å². The third kappa shape index (κ3) is 3.68. The second kappa shape index (κ2) is 7.66. The highest BCUT2D eigenvalue weighted by molar-refractivity contribution is 6.05. The number of hydrogen-bond acceptors (Lipinski definition) is 5. The molecule has 0 aliphatic carbocycles. The summed E-state index contributed by atoms with van der Waals surface area (Å²) in [5.41, 5.74) is 2.37. The van der Waals surface area contributed by atoms with Gasteiger partial charge in [-0.15, -0.1) is 0 Å². The first-order valence-electron chi connectivity index (χ1n) is 9.57. The van der Waals surface area contributed by atoms with Crippen LogP contribution in [0.25, 0.3) is 0 Å². The number of anilines is 2. The standard InChI is InChI=1S/C21H25N3O3/c1-2-24(17-6-4-3-5-7-17)20(25)19-16-18(8-11-22-19)23-12-9-21(10-13-23)26-14-15-27-21/h3-8,11,16H,2,9-10,12-15H2,1H3. The van der Waals surface area contributed by atoms with Crippen molar-refractivity contribution in [2.75, 3.05) is 42.6 Å². The highest BCUT2D eigenvalue weighted by Crippen LogP contribution is 2.33. The fourth-order valence-corrected chi connectivity index (χ4v) is 3.81. The van der Waals surface area contributed by atoms with Crippen molar-refractivity contribution < 1.29 is 14.3 Å². The average molecular weight is 367 g/mol. The molecule has 6 heteroatoms. The molecule has 6 nitrogen and oxygen atoms in total. The molecule has 1 spiro atoms. The first kappa shape index (κ1) is 17.9. The van der Waals surface area contributed by atoms with Gasteiger partial charge in [0.15, 0.2) is 5.79 Å². The first-order chi connectivity index (χ1) is 13.2. The van der Waals surface area contributed by atoms with Crippen LogP contribution in [0.2, 0.25) is 0 Å². The zero-order valence-electron chi connectivity index (χ0n) is 15.6. The van der Waals surface area contributed by atoms with Crippen LogP contribution in [0.3, 0.4) is 0 Å². The SMILES string of the molecule is CCN(C(=O)c1cc(N2CCC3(CC2)OCCO3)ccn1)c1ccccc1. The van der Waals surface area contributed by atoms with Crippen LogP contribution in [0.1, 0.15) is 30.3 Å². The van der Waals surface area contributed by atoms with E-state index >= 15 is 0 Å². The molecule has 27 heavy (non-hydrogen) atoms. The summed E-state index contributed by atoms with van der Waals surface area (Å²) in [6.07, 6.45) is 3.39. The Balaban J connectivity index is 1.50. The van der Waals surface area contributed by atoms with Gasteiger partial charge in [-0.2, -0.15) is 0 Å². The zero-order valence-corrected chi connectivity index (χ0v) is 15.6. The van der Waals surface area contributed by atoms with Gasteiger partial charge in [0.2, 0.25) is 0 Å². The molecule has 2 saturated heterocycles. The number of nitrogens with zero attached hydrogens (tertiary/aromatic N) is 3. The summed E-state index contributed by atoms with van der Waals surface area (Å²) >= 11 is 0. The second-order valence-electron chi connectivity index (χ2n) is 6.88. The van der Waals surface area contributed by atoms with Crippen LogP contribution in [0.4, 0.5) is 11.4 Å². The van der Waals surface area contributed by atoms with E-state index in [1.807, 2.05) is 49.4 Å². The molecule has 2 aliphatic heterocycles. The van der Waals surface area contributed by atoms with Gasteiger partial charge in [0.1, 0.15) is 5.69 Å². The van der Waals surface area contributed by atoms with Gasteiger partial charge >= 0.3 is 0 Å². The molecule has 2 fully saturated rings. The lowest BCUT2D eigenvalue weighted by molar-refractivity contribution is -0.169. The second-order valence-corrected chi connectivity index (χ2v) is 6.88. The number of amides is 1. The minimum atomic E-state index is -0.394. The van der Waals surface area contributed by atoms with Crippen LogP contribution in [-0.2, 0) is 9.47 Å². The molecule has 0 N–H and O–H groups in total. The van der Waals surface area contributed by atoms with Crippen molar-refractivity contribution in [3.8, 4) is 0 Å². The summed E-state index contributed by atoms with van der Waals surface area (Å²) in [7, 11) is 0. The van der Waals surface area contributed by atoms with E-state index in [1.54, 1.807) is 11.1 Å². The van der Waals surface area contributed by atoms with E-state index in [9.17, 15) is 4.79 Å². The van der Waals surface area contributed by atoms with Crippen LogP contribution in [-0.4, -0.2) is 49.5 Å². The molecule has 1 aromatic carbocycles. The zero-order chi connectivity index (χ0) is 18.7. The number of carbonyl (C=O) groups excluding carboxylic acids is 1. The minimum Gasteiger partial charge on any atom is -0.371 e. The quantitative estimate of drug-likeness (QED) is 0.831. The third-order valence-corrected chi connectivity index (χ3v) is 5.30. The molecule has 1 amide bonds. The Kier molecular flexibility index (Phi) is 5.09. The predicted molar refractivity (Wildman–Crippen MR) is 104 cm³/mol. The van der Waals surface area contributed by atoms with Gasteiger partial charge in [0.25, 0.3) is 5.91 Å². The molecule has 1 aromatic heterocycles. The van der Waals surface area contributed by atoms with Gasteiger partial charge in [-0.1, -0.05) is 18.2 Å². The number of piperidine rings is 1. The lowest BCUT2D eigenvalue weighted by Crippen LogP contribution is -2.45. The molecule has 0 unspecified atom stereocenters. The first-order valence-corrected chi connectivity index (χ1v) is 9.57. The van der Waals surface area contributed by atoms with Gasteiger partial charge in [-0.3, -0.25) is 9.78 Å². The van der Waals surface area contributed by atoms with Gasteiger partial charge in [-0.05, 0) is 31.2 Å². The number of pyridine rings is 1. The Bertz CT molecular complexity index is 780. The average Bonchev–Trinajstić information content (AvgIpc) is 3.18. The van der Waals surface area contributed by atoms with Crippen molar-refractivity contribution in [1.82, 2.24) is 4.98 Å². The minimum absolute atomic E-state index is 0.0820. The summed E-state index contributed by atoms with van der Waals surface area (Å²) in [5, 5.41) is 0. The molecule has 4 rings (SSSR count). The van der Waals surface area contributed by atoms with Crippen molar-refractivity contribution in [2.45, 2.75) is 25.6 Å². The molecular formula is C21H25N3O3. The maximum absolute atomic E-state index is 13.0. The highest BCUT2D eigenvalue weighted by atomic mass is 16.7. The van der Waals surface area contributed by atoms with Crippen molar-refractivity contribution in [3.05, 3.63) is 54.4 Å². The summed E-state index contributed by atoms with van der Waals surface area (Å²) in [6.45, 7) is 5.61. The van der Waals surface area contributed by atoms with Gasteiger partial charge in [0.05, 0.1) is 13.2 Å². The van der Waals surface area contributed by atoms with E-state index in [2.05, 4.69) is 9.88 Å². The molecule has 0 saturated carbocycles. The molecule has 3 heterocycles. The molecule has 2 aliphatic rings. The van der Waals surface area contributed by atoms with Crippen molar-refractivity contribution in [1.29, 1.82) is 0 Å². The van der Waals surface area contributed by atoms with Crippen molar-refractivity contribution in [3.63, 3.8) is 0 Å². The van der Waals surface area contributed by atoms with E-state index in [-0.39, 0.29) is 5.91 Å². The largest absolute Gasteiger partial charge is 0.371 e. The number of carbonyl (C=O) groups is 1. The summed E-state index contributed by atoms with van der Waals surface area (Å²) < 4.78 is 11.6. The summed E-state index contributed by atoms with van der Waals surface area (Å²) in [4.78, 5) is 21.4. The van der Waals surface area contributed by atoms with Gasteiger partial charge in [-0.25, -0.2) is 0 Å². The lowest BCUT2D eigenvalue weighted by atomic mass is 10.0. The van der Waals surface area contributed by atoms with Crippen LogP contribution >= 0.6 is 0 Å². The Morgan fingerprint density at radius 2 is 1.85 bits per heavy atom. The third-order valence-electron chi connectivity index (χ3n) is 5.30. The molecule has 0 atom stereocenters. The van der Waals surface area contributed by atoms with Crippen molar-refractivity contribution >= 4 is 17.3 Å². The monoisotopic (exact) mass is 367 g/mol. The van der Waals surface area contributed by atoms with Crippen LogP contribution in [0.15, 0.2) is 48.7 Å². The highest BCUT2D eigenvalue weighted by Gasteiger charge is 2.39. The fourth-order valence-electron chi connectivity index (χ4n) is 3.81. The molecule has 142 valence electrons. The number of para-hydroxylation sites is 1. The Labute approximate surface area is 159 Å². The maximum atomic E-state index is 13.0. The van der Waals surface area contributed by atoms with Crippen LogP contribution < -0.4 is 9.80 Å². The van der Waals surface area contributed by atoms with E-state index in [0.717, 1.165) is 37.3 Å². The maximum Gasteiger partial charge on any atom is 0.276 e. The number of aromatic nitrogens is 1. The number of hydrogen-bond donors (Lipinski definition) is 0. The van der Waals surface area contributed by atoms with Gasteiger partial charge < -0.3 is 19.3 Å². The van der Waals surface area contributed by atoms with E-state index in [0.29, 0.717) is 25.5 Å².